The number of ether oxygens (including phenoxy) is 1. The lowest BCUT2D eigenvalue weighted by atomic mass is 10.2. The summed E-state index contributed by atoms with van der Waals surface area (Å²) in [4.78, 5) is 20.4. The number of rotatable bonds is 6. The minimum atomic E-state index is -0.408. The maximum Gasteiger partial charge on any atom is 0.277 e. The van der Waals surface area contributed by atoms with E-state index in [1.165, 1.54) is 0 Å². The van der Waals surface area contributed by atoms with Gasteiger partial charge in [0.1, 0.15) is 12.4 Å². The molecule has 1 amide bonds. The van der Waals surface area contributed by atoms with Gasteiger partial charge in [0.2, 0.25) is 0 Å². The van der Waals surface area contributed by atoms with Gasteiger partial charge in [-0.3, -0.25) is 14.8 Å². The van der Waals surface area contributed by atoms with E-state index in [0.717, 1.165) is 11.1 Å². The Labute approximate surface area is 171 Å². The fourth-order valence-corrected chi connectivity index (χ4v) is 2.80. The highest BCUT2D eigenvalue weighted by Gasteiger charge is 2.15. The number of pyridine rings is 2. The van der Waals surface area contributed by atoms with Gasteiger partial charge in [0, 0.05) is 47.7 Å². The predicted molar refractivity (Wildman–Crippen MR) is 108 cm³/mol. The summed E-state index contributed by atoms with van der Waals surface area (Å²) >= 11 is 6.28. The largest absolute Gasteiger partial charge is 0.487 e. The summed E-state index contributed by atoms with van der Waals surface area (Å²) in [5.41, 5.74) is 2.38. The van der Waals surface area contributed by atoms with Crippen LogP contribution in [0.15, 0.2) is 77.8 Å². The molecule has 4 rings (SSSR count). The molecule has 0 aliphatic rings. The third-order valence-corrected chi connectivity index (χ3v) is 4.31. The Morgan fingerprint density at radius 2 is 1.93 bits per heavy atom. The van der Waals surface area contributed by atoms with E-state index in [2.05, 4.69) is 20.4 Å². The average Bonchev–Trinajstić information content (AvgIpc) is 3.25. The van der Waals surface area contributed by atoms with Crippen LogP contribution < -0.4 is 10.1 Å². The molecule has 0 aliphatic carbocycles. The van der Waals surface area contributed by atoms with Gasteiger partial charge >= 0.3 is 0 Å². The molecule has 0 radical (unpaired) electrons. The zero-order valence-corrected chi connectivity index (χ0v) is 15.8. The van der Waals surface area contributed by atoms with E-state index in [1.807, 2.05) is 12.1 Å². The molecule has 8 heteroatoms. The monoisotopic (exact) mass is 406 g/mol. The summed E-state index contributed by atoms with van der Waals surface area (Å²) in [7, 11) is 0. The summed E-state index contributed by atoms with van der Waals surface area (Å²) < 4.78 is 10.9. The lowest BCUT2D eigenvalue weighted by molar-refractivity contribution is 0.101. The van der Waals surface area contributed by atoms with Gasteiger partial charge in [0.15, 0.2) is 11.5 Å². The topological polar surface area (TPSA) is 90.1 Å². The van der Waals surface area contributed by atoms with Crippen LogP contribution in [0.4, 0.5) is 5.69 Å². The Morgan fingerprint density at radius 1 is 1.07 bits per heavy atom. The number of anilines is 1. The van der Waals surface area contributed by atoms with Gasteiger partial charge < -0.3 is 14.6 Å². The van der Waals surface area contributed by atoms with Crippen LogP contribution in [0.1, 0.15) is 16.1 Å². The van der Waals surface area contributed by atoms with Crippen molar-refractivity contribution >= 4 is 23.2 Å². The molecule has 1 N–H and O–H groups in total. The highest BCUT2D eigenvalue weighted by Crippen LogP contribution is 2.29. The fourth-order valence-electron chi connectivity index (χ4n) is 2.57. The number of carbonyl (C=O) groups is 1. The van der Waals surface area contributed by atoms with Crippen molar-refractivity contribution < 1.29 is 14.1 Å². The molecule has 0 aliphatic heterocycles. The molecule has 0 fully saturated rings. The lowest BCUT2D eigenvalue weighted by Crippen LogP contribution is -2.12. The molecule has 0 saturated heterocycles. The van der Waals surface area contributed by atoms with Crippen LogP contribution >= 0.6 is 11.6 Å². The third kappa shape index (κ3) is 4.59. The third-order valence-electron chi connectivity index (χ3n) is 4.01. The number of hydrogen-bond acceptors (Lipinski definition) is 6. The normalized spacial score (nSPS) is 10.5. The first kappa shape index (κ1) is 18.6. The number of hydrogen-bond donors (Lipinski definition) is 1. The molecule has 0 atom stereocenters. The molecule has 0 unspecified atom stereocenters. The molecule has 0 saturated carbocycles. The van der Waals surface area contributed by atoms with Gasteiger partial charge in [0.05, 0.1) is 5.02 Å². The lowest BCUT2D eigenvalue weighted by Gasteiger charge is -2.10. The maximum atomic E-state index is 12.4. The van der Waals surface area contributed by atoms with Crippen LogP contribution in [0, 0.1) is 0 Å². The van der Waals surface area contributed by atoms with Crippen molar-refractivity contribution in [3.63, 3.8) is 0 Å². The van der Waals surface area contributed by atoms with Crippen LogP contribution in [-0.2, 0) is 6.61 Å². The van der Waals surface area contributed by atoms with Crippen LogP contribution in [-0.4, -0.2) is 21.0 Å². The molecule has 1 aromatic carbocycles. The van der Waals surface area contributed by atoms with Gasteiger partial charge in [-0.2, -0.15) is 0 Å². The van der Waals surface area contributed by atoms with E-state index in [4.69, 9.17) is 20.9 Å². The van der Waals surface area contributed by atoms with E-state index in [-0.39, 0.29) is 5.69 Å². The number of aromatic nitrogens is 3. The summed E-state index contributed by atoms with van der Waals surface area (Å²) in [5.74, 6) is 0.582. The van der Waals surface area contributed by atoms with Crippen molar-refractivity contribution in [1.29, 1.82) is 0 Å². The molecule has 4 aromatic rings. The minimum Gasteiger partial charge on any atom is -0.487 e. The van der Waals surface area contributed by atoms with Gasteiger partial charge in [0.25, 0.3) is 5.91 Å². The van der Waals surface area contributed by atoms with Crippen LogP contribution in [0.3, 0.4) is 0 Å². The second-order valence-electron chi connectivity index (χ2n) is 6.06. The number of halogens is 1. The standard InChI is InChI=1S/C21H15ClN4O3/c22-17-10-16(3-4-19(17)28-13-14-2-1-7-24-12-14)25-21(27)18-11-20(29-26-18)15-5-8-23-9-6-15/h1-12H,13H2,(H,25,27). The van der Waals surface area contributed by atoms with Crippen LogP contribution in [0.25, 0.3) is 11.3 Å². The fraction of sp³-hybridized carbons (Fsp3) is 0.0476. The maximum absolute atomic E-state index is 12.4. The van der Waals surface area contributed by atoms with Gasteiger partial charge in [-0.1, -0.05) is 22.8 Å². The summed E-state index contributed by atoms with van der Waals surface area (Å²) in [6.45, 7) is 0.343. The van der Waals surface area contributed by atoms with Gasteiger partial charge in [-0.15, -0.1) is 0 Å². The first-order chi connectivity index (χ1) is 14.2. The zero-order chi connectivity index (χ0) is 20.1. The molecule has 144 valence electrons. The molecule has 0 spiro atoms. The Balaban J connectivity index is 1.41. The number of nitrogens with zero attached hydrogens (tertiary/aromatic N) is 3. The smallest absolute Gasteiger partial charge is 0.277 e. The second-order valence-corrected chi connectivity index (χ2v) is 6.47. The Bertz CT molecular complexity index is 1120. The van der Waals surface area contributed by atoms with Crippen molar-refractivity contribution in [2.24, 2.45) is 0 Å². The van der Waals surface area contributed by atoms with Crippen molar-refractivity contribution in [3.8, 4) is 17.1 Å². The highest BCUT2D eigenvalue weighted by atomic mass is 35.5. The summed E-state index contributed by atoms with van der Waals surface area (Å²) in [6, 6.07) is 13.9. The zero-order valence-electron chi connectivity index (χ0n) is 15.1. The molecule has 29 heavy (non-hydrogen) atoms. The molecule has 0 bridgehead atoms. The average molecular weight is 407 g/mol. The number of amides is 1. The van der Waals surface area contributed by atoms with E-state index < -0.39 is 5.91 Å². The number of carbonyl (C=O) groups excluding carboxylic acids is 1. The van der Waals surface area contributed by atoms with E-state index >= 15 is 0 Å². The summed E-state index contributed by atoms with van der Waals surface area (Å²) in [5, 5.41) is 6.94. The van der Waals surface area contributed by atoms with Crippen LogP contribution in [0.5, 0.6) is 5.75 Å². The first-order valence-corrected chi connectivity index (χ1v) is 9.06. The Kier molecular flexibility index (Phi) is 5.49. The quantitative estimate of drug-likeness (QED) is 0.502. The van der Waals surface area contributed by atoms with Crippen molar-refractivity contribution in [2.75, 3.05) is 5.32 Å². The predicted octanol–water partition coefficient (Wildman–Crippen LogP) is 4.62. The van der Waals surface area contributed by atoms with Gasteiger partial charge in [-0.25, -0.2) is 0 Å². The minimum absolute atomic E-state index is 0.157. The molecular formula is C21H15ClN4O3. The van der Waals surface area contributed by atoms with Crippen molar-refractivity contribution in [3.05, 3.63) is 89.6 Å². The number of benzene rings is 1. The molecule has 3 aromatic heterocycles. The second kappa shape index (κ2) is 8.53. The number of nitrogens with one attached hydrogen (secondary N) is 1. The van der Waals surface area contributed by atoms with E-state index in [9.17, 15) is 4.79 Å². The summed E-state index contributed by atoms with van der Waals surface area (Å²) in [6.07, 6.45) is 6.69. The van der Waals surface area contributed by atoms with Crippen molar-refractivity contribution in [1.82, 2.24) is 15.1 Å². The first-order valence-electron chi connectivity index (χ1n) is 8.69. The SMILES string of the molecule is O=C(Nc1ccc(OCc2cccnc2)c(Cl)c1)c1cc(-c2ccncc2)on1. The molecular weight excluding hydrogens is 392 g/mol. The Hall–Kier alpha value is -3.71. The molecule has 7 nitrogen and oxygen atoms in total. The van der Waals surface area contributed by atoms with Gasteiger partial charge in [-0.05, 0) is 36.4 Å². The van der Waals surface area contributed by atoms with Crippen LogP contribution in [0.2, 0.25) is 5.02 Å². The Morgan fingerprint density at radius 3 is 2.69 bits per heavy atom. The van der Waals surface area contributed by atoms with E-state index in [0.29, 0.717) is 28.8 Å². The highest BCUT2D eigenvalue weighted by molar-refractivity contribution is 6.32. The van der Waals surface area contributed by atoms with E-state index in [1.54, 1.807) is 61.2 Å². The molecule has 3 heterocycles. The van der Waals surface area contributed by atoms with Crippen molar-refractivity contribution in [2.45, 2.75) is 6.61 Å².